The molecule has 1 heterocycles. The molecule has 270 valence electrons. The lowest BCUT2D eigenvalue weighted by Crippen LogP contribution is -2.54. The van der Waals surface area contributed by atoms with E-state index >= 15 is 0 Å². The van der Waals surface area contributed by atoms with Gasteiger partial charge in [0.15, 0.2) is 0 Å². The highest BCUT2D eigenvalue weighted by Gasteiger charge is 2.30. The van der Waals surface area contributed by atoms with Crippen LogP contribution in [0.5, 0.6) is 11.5 Å². The summed E-state index contributed by atoms with van der Waals surface area (Å²) in [5.74, 6) is -2.86. The number of carbonyl (C=O) groups excluding carboxylic acids is 5. The number of phenols is 1. The number of amides is 4. The zero-order chi connectivity index (χ0) is 37.0. The van der Waals surface area contributed by atoms with Crippen LogP contribution in [-0.4, -0.2) is 82.8 Å². The number of ether oxygens (including phenoxy) is 3. The van der Waals surface area contributed by atoms with Gasteiger partial charge in [-0.2, -0.15) is 0 Å². The van der Waals surface area contributed by atoms with Crippen molar-refractivity contribution in [1.29, 1.82) is 0 Å². The van der Waals surface area contributed by atoms with E-state index in [0.29, 0.717) is 18.4 Å². The molecule has 0 unspecified atom stereocenters. The molecule has 1 aliphatic rings. The summed E-state index contributed by atoms with van der Waals surface area (Å²) in [6, 6.07) is 16.5. The minimum absolute atomic E-state index is 0.0129. The smallest absolute Gasteiger partial charge is 0.345 e. The number of aromatic hydroxyl groups is 1. The van der Waals surface area contributed by atoms with Gasteiger partial charge in [0, 0.05) is 25.5 Å². The Morgan fingerprint density at radius 3 is 2.14 bits per heavy atom. The van der Waals surface area contributed by atoms with Crippen molar-refractivity contribution in [2.75, 3.05) is 27.4 Å². The second-order valence-corrected chi connectivity index (χ2v) is 13.0. The molecule has 0 aromatic heterocycles. The van der Waals surface area contributed by atoms with Gasteiger partial charge in [0.25, 0.3) is 15.9 Å². The fourth-order valence-corrected chi connectivity index (χ4v) is 6.28. The number of carbonyl (C=O) groups is 5. The number of esters is 2. The Morgan fingerprint density at radius 1 is 0.824 bits per heavy atom. The number of hydrogen-bond donors (Lipinski definition) is 5. The van der Waals surface area contributed by atoms with E-state index in [1.165, 1.54) is 44.6 Å². The van der Waals surface area contributed by atoms with Gasteiger partial charge in [-0.05, 0) is 41.7 Å². The van der Waals surface area contributed by atoms with Crippen molar-refractivity contribution in [1.82, 2.24) is 20.7 Å². The van der Waals surface area contributed by atoms with Crippen LogP contribution in [0.2, 0.25) is 0 Å². The number of phenolic OH excluding ortho intramolecular Hbond substituents is 1. The normalized spacial score (nSPS) is 14.2. The van der Waals surface area contributed by atoms with Gasteiger partial charge in [-0.3, -0.25) is 9.59 Å². The van der Waals surface area contributed by atoms with Crippen molar-refractivity contribution in [2.45, 2.75) is 37.8 Å². The number of benzene rings is 3. The average molecular weight is 723 g/mol. The molecule has 16 heteroatoms. The first-order valence-corrected chi connectivity index (χ1v) is 17.3. The Kier molecular flexibility index (Phi) is 13.1. The Hall–Kier alpha value is -5.90. The Labute approximate surface area is 294 Å². The summed E-state index contributed by atoms with van der Waals surface area (Å²) in [6.07, 6.45) is 2.01. The van der Waals surface area contributed by atoms with E-state index in [1.807, 2.05) is 10.8 Å². The number of rotatable bonds is 16. The highest BCUT2D eigenvalue weighted by molar-refractivity contribution is 7.99. The molecule has 4 amide bonds. The topological polar surface area (TPSA) is 216 Å². The lowest BCUT2D eigenvalue weighted by Gasteiger charge is -2.22. The number of nitrogens with one attached hydrogen (secondary N) is 4. The average Bonchev–Trinajstić information content (AvgIpc) is 3.40. The molecule has 4 rings (SSSR count). The Bertz CT molecular complexity index is 1880. The first kappa shape index (κ1) is 37.9. The molecular weight excluding hydrogens is 684 g/mol. The fourth-order valence-electron chi connectivity index (χ4n) is 5.14. The lowest BCUT2D eigenvalue weighted by atomic mass is 10.0. The highest BCUT2D eigenvalue weighted by Crippen LogP contribution is 2.28. The number of unbranched alkanes of at least 4 members (excludes halogenated alkanes) is 1. The fraction of sp³-hybridized carbons (Fsp3) is 0.286. The van der Waals surface area contributed by atoms with Crippen LogP contribution in [0.3, 0.4) is 0 Å². The van der Waals surface area contributed by atoms with Crippen LogP contribution in [0, 0.1) is 0 Å². The SMILES string of the molecule is COC(=O)c1c(O)cccc1OCCCCNC(=O)[C@H](Cc1ccc(C2=CC(=O)NS2(=O)=O)cc1)NC(=O)N[C@@H](Cc1ccccc1)C(=O)OC. The summed E-state index contributed by atoms with van der Waals surface area (Å²) < 4.78 is 41.6. The maximum absolute atomic E-state index is 13.4. The number of sulfonamides is 1. The number of methoxy groups -OCH3 is 2. The van der Waals surface area contributed by atoms with Crippen LogP contribution in [0.15, 0.2) is 78.9 Å². The molecule has 0 saturated heterocycles. The number of urea groups is 1. The summed E-state index contributed by atoms with van der Waals surface area (Å²) in [7, 11) is -1.60. The van der Waals surface area contributed by atoms with E-state index in [4.69, 9.17) is 14.2 Å². The van der Waals surface area contributed by atoms with E-state index in [1.54, 1.807) is 36.4 Å². The molecule has 3 aromatic carbocycles. The van der Waals surface area contributed by atoms with Crippen molar-refractivity contribution in [3.63, 3.8) is 0 Å². The van der Waals surface area contributed by atoms with Crippen LogP contribution in [-0.2, 0) is 46.7 Å². The van der Waals surface area contributed by atoms with Crippen LogP contribution >= 0.6 is 0 Å². The molecule has 15 nitrogen and oxygen atoms in total. The molecule has 0 spiro atoms. The van der Waals surface area contributed by atoms with Crippen molar-refractivity contribution >= 4 is 44.7 Å². The largest absolute Gasteiger partial charge is 0.507 e. The standard InChI is InChI=1S/C35H38N4O11S/c1-48-33(43)26(20-22-9-4-3-5-10-22)38-35(45)37-25(19-23-13-15-24(16-14-23)29-21-30(41)39-51(29,46)47)32(42)36-17-6-7-18-50-28-12-8-11-27(40)31(28)34(44)49-2/h3-5,8-16,21,25-26,40H,6-7,17-20H2,1-2H3,(H,36,42)(H,39,41)(H2,37,38,45)/t25-,26-/m0/s1. The first-order valence-electron chi connectivity index (χ1n) is 15.8. The second-order valence-electron chi connectivity index (χ2n) is 11.3. The zero-order valence-corrected chi connectivity index (χ0v) is 28.7. The molecule has 0 aliphatic carbocycles. The van der Waals surface area contributed by atoms with Gasteiger partial charge in [-0.15, -0.1) is 0 Å². The maximum atomic E-state index is 13.4. The first-order chi connectivity index (χ1) is 24.4. The van der Waals surface area contributed by atoms with Crippen molar-refractivity contribution < 1.29 is 51.7 Å². The summed E-state index contributed by atoms with van der Waals surface area (Å²) in [4.78, 5) is 62.6. The molecule has 3 aromatic rings. The van der Waals surface area contributed by atoms with E-state index < -0.39 is 51.9 Å². The van der Waals surface area contributed by atoms with Crippen LogP contribution in [0.25, 0.3) is 4.91 Å². The second kappa shape index (κ2) is 17.7. The molecule has 2 atom stereocenters. The van der Waals surface area contributed by atoms with Crippen molar-refractivity contribution in [2.24, 2.45) is 0 Å². The van der Waals surface area contributed by atoms with Crippen molar-refractivity contribution in [3.8, 4) is 11.5 Å². The van der Waals surface area contributed by atoms with E-state index in [2.05, 4.69) is 16.0 Å². The van der Waals surface area contributed by atoms with Crippen molar-refractivity contribution in [3.05, 3.63) is 101 Å². The molecule has 51 heavy (non-hydrogen) atoms. The van der Waals surface area contributed by atoms with Gasteiger partial charge in [0.05, 0.1) is 20.8 Å². The zero-order valence-electron chi connectivity index (χ0n) is 27.8. The molecule has 5 N–H and O–H groups in total. The molecule has 0 fully saturated rings. The molecule has 0 radical (unpaired) electrons. The highest BCUT2D eigenvalue weighted by atomic mass is 32.2. The monoisotopic (exact) mass is 722 g/mol. The van der Waals surface area contributed by atoms with Gasteiger partial charge in [-0.25, -0.2) is 27.5 Å². The van der Waals surface area contributed by atoms with E-state index in [-0.39, 0.29) is 53.5 Å². The maximum Gasteiger partial charge on any atom is 0.345 e. The third-order valence-electron chi connectivity index (χ3n) is 7.68. The van der Waals surface area contributed by atoms with Gasteiger partial charge in [0.1, 0.15) is 34.1 Å². The molecule has 1 aliphatic heterocycles. The summed E-state index contributed by atoms with van der Waals surface area (Å²) in [5.41, 5.74) is 1.49. The van der Waals surface area contributed by atoms with Gasteiger partial charge in [-0.1, -0.05) is 60.7 Å². The molecular formula is C35H38N4O11S. The predicted octanol–water partition coefficient (Wildman–Crippen LogP) is 1.95. The summed E-state index contributed by atoms with van der Waals surface area (Å²) in [6.45, 7) is 0.347. The van der Waals surface area contributed by atoms with E-state index in [0.717, 1.165) is 11.6 Å². The van der Waals surface area contributed by atoms with Crippen LogP contribution in [0.1, 0.15) is 39.9 Å². The predicted molar refractivity (Wildman–Crippen MR) is 184 cm³/mol. The van der Waals surface area contributed by atoms with Gasteiger partial charge in [0.2, 0.25) is 5.91 Å². The van der Waals surface area contributed by atoms with Crippen LogP contribution < -0.4 is 25.4 Å². The van der Waals surface area contributed by atoms with Crippen LogP contribution in [0.4, 0.5) is 4.79 Å². The third-order valence-corrected chi connectivity index (χ3v) is 9.08. The third kappa shape index (κ3) is 10.5. The summed E-state index contributed by atoms with van der Waals surface area (Å²) in [5, 5.41) is 18.0. The Morgan fingerprint density at radius 2 is 1.49 bits per heavy atom. The van der Waals surface area contributed by atoms with Gasteiger partial charge >= 0.3 is 18.0 Å². The quantitative estimate of drug-likeness (QED) is 0.106. The minimum atomic E-state index is -3.99. The van der Waals surface area contributed by atoms with E-state index in [9.17, 15) is 37.5 Å². The minimum Gasteiger partial charge on any atom is -0.507 e. The number of hydrogen-bond acceptors (Lipinski definition) is 11. The molecule has 0 saturated carbocycles. The summed E-state index contributed by atoms with van der Waals surface area (Å²) >= 11 is 0. The van der Waals surface area contributed by atoms with Gasteiger partial charge < -0.3 is 35.3 Å². The Balaban J connectivity index is 1.41. The lowest BCUT2D eigenvalue weighted by molar-refractivity contribution is -0.142. The molecule has 0 bridgehead atoms.